The molecular weight excluding hydrogens is 328 g/mol. The molecule has 0 bridgehead atoms. The highest BCUT2D eigenvalue weighted by atomic mass is 32.2. The van der Waals surface area contributed by atoms with E-state index in [4.69, 9.17) is 0 Å². The summed E-state index contributed by atoms with van der Waals surface area (Å²) < 4.78 is 0. The molecule has 0 saturated heterocycles. The first-order valence-electron chi connectivity index (χ1n) is 9.07. The fourth-order valence-electron chi connectivity index (χ4n) is 3.23. The number of rotatable bonds is 7. The Bertz CT molecular complexity index is 693. The Kier molecular flexibility index (Phi) is 6.54. The Morgan fingerprint density at radius 2 is 1.80 bits per heavy atom. The maximum absolute atomic E-state index is 12.6. The number of hydrogen-bond donors (Lipinski definition) is 2. The van der Waals surface area contributed by atoms with Crippen LogP contribution in [-0.4, -0.2) is 24.7 Å². The first-order valence-corrected chi connectivity index (χ1v) is 9.95. The molecule has 1 fully saturated rings. The van der Waals surface area contributed by atoms with Gasteiger partial charge in [0, 0.05) is 21.4 Å². The van der Waals surface area contributed by atoms with E-state index in [0.717, 1.165) is 35.0 Å². The van der Waals surface area contributed by atoms with Gasteiger partial charge in [-0.1, -0.05) is 31.0 Å². The van der Waals surface area contributed by atoms with Gasteiger partial charge in [-0.15, -0.1) is 11.8 Å². The maximum atomic E-state index is 12.6. The molecule has 2 N–H and O–H groups in total. The van der Waals surface area contributed by atoms with Gasteiger partial charge in [0.1, 0.15) is 0 Å². The van der Waals surface area contributed by atoms with Crippen LogP contribution in [-0.2, 0) is 6.42 Å². The maximum Gasteiger partial charge on any atom is 0.255 e. The van der Waals surface area contributed by atoms with E-state index in [1.54, 1.807) is 0 Å². The zero-order valence-electron chi connectivity index (χ0n) is 14.8. The smallest absolute Gasteiger partial charge is 0.255 e. The van der Waals surface area contributed by atoms with Gasteiger partial charge < -0.3 is 10.6 Å². The topological polar surface area (TPSA) is 41.1 Å². The van der Waals surface area contributed by atoms with E-state index in [-0.39, 0.29) is 5.91 Å². The van der Waals surface area contributed by atoms with E-state index in [1.165, 1.54) is 30.6 Å². The number of amides is 1. The molecule has 4 heteroatoms. The molecule has 1 amide bonds. The van der Waals surface area contributed by atoms with Crippen LogP contribution in [0.1, 0.15) is 41.6 Å². The zero-order chi connectivity index (χ0) is 17.5. The zero-order valence-corrected chi connectivity index (χ0v) is 15.6. The van der Waals surface area contributed by atoms with Crippen molar-refractivity contribution in [2.24, 2.45) is 0 Å². The van der Waals surface area contributed by atoms with Crippen molar-refractivity contribution in [1.29, 1.82) is 0 Å². The lowest BCUT2D eigenvalue weighted by Crippen LogP contribution is -2.17. The Morgan fingerprint density at radius 3 is 2.52 bits per heavy atom. The highest BCUT2D eigenvalue weighted by molar-refractivity contribution is 8.00. The van der Waals surface area contributed by atoms with Crippen LogP contribution < -0.4 is 10.6 Å². The lowest BCUT2D eigenvalue weighted by Gasteiger charge is -2.12. The van der Waals surface area contributed by atoms with E-state index in [1.807, 2.05) is 55.2 Å². The largest absolute Gasteiger partial charge is 0.322 e. The van der Waals surface area contributed by atoms with Crippen molar-refractivity contribution in [3.8, 4) is 0 Å². The standard InChI is InChI=1S/C21H26N2OS/c1-22-15-14-16-6-2-5-9-20(16)21(24)23-17-10-12-19(13-11-17)25-18-7-3-4-8-18/h2,5-6,9-13,18,22H,3-4,7-8,14-15H2,1H3,(H,23,24). The number of benzene rings is 2. The summed E-state index contributed by atoms with van der Waals surface area (Å²) in [5, 5.41) is 6.92. The fraction of sp³-hybridized carbons (Fsp3) is 0.381. The number of carbonyl (C=O) groups is 1. The average Bonchev–Trinajstić information content (AvgIpc) is 3.15. The number of nitrogens with one attached hydrogen (secondary N) is 2. The Hall–Kier alpha value is -1.78. The molecule has 1 saturated carbocycles. The molecule has 1 aliphatic carbocycles. The summed E-state index contributed by atoms with van der Waals surface area (Å²) in [7, 11) is 1.92. The van der Waals surface area contributed by atoms with Gasteiger partial charge >= 0.3 is 0 Å². The minimum atomic E-state index is -0.0390. The van der Waals surface area contributed by atoms with Crippen molar-refractivity contribution in [3.05, 3.63) is 59.7 Å². The first kappa shape index (κ1) is 18.0. The summed E-state index contributed by atoms with van der Waals surface area (Å²) in [6, 6.07) is 16.1. The molecule has 0 unspecified atom stereocenters. The van der Waals surface area contributed by atoms with E-state index < -0.39 is 0 Å². The summed E-state index contributed by atoms with van der Waals surface area (Å²) in [6.45, 7) is 0.859. The minimum Gasteiger partial charge on any atom is -0.322 e. The molecule has 0 heterocycles. The van der Waals surface area contributed by atoms with Crippen LogP contribution in [0.5, 0.6) is 0 Å². The van der Waals surface area contributed by atoms with Crippen LogP contribution in [0.3, 0.4) is 0 Å². The summed E-state index contributed by atoms with van der Waals surface area (Å²) in [4.78, 5) is 13.9. The van der Waals surface area contributed by atoms with Crippen LogP contribution >= 0.6 is 11.8 Å². The highest BCUT2D eigenvalue weighted by Crippen LogP contribution is 2.35. The lowest BCUT2D eigenvalue weighted by atomic mass is 10.0. The van der Waals surface area contributed by atoms with Gasteiger partial charge in [0.05, 0.1) is 0 Å². The summed E-state index contributed by atoms with van der Waals surface area (Å²) in [5.74, 6) is -0.0390. The van der Waals surface area contributed by atoms with Gasteiger partial charge in [-0.3, -0.25) is 4.79 Å². The number of hydrogen-bond acceptors (Lipinski definition) is 3. The van der Waals surface area contributed by atoms with Crippen LogP contribution in [0.4, 0.5) is 5.69 Å². The molecule has 2 aromatic carbocycles. The quantitative estimate of drug-likeness (QED) is 0.755. The molecule has 25 heavy (non-hydrogen) atoms. The Balaban J connectivity index is 1.62. The molecule has 1 aliphatic rings. The van der Waals surface area contributed by atoms with Gasteiger partial charge in [-0.2, -0.15) is 0 Å². The molecular formula is C21H26N2OS. The summed E-state index contributed by atoms with van der Waals surface area (Å²) in [5.41, 5.74) is 2.68. The summed E-state index contributed by atoms with van der Waals surface area (Å²) in [6.07, 6.45) is 6.22. The number of likely N-dealkylation sites (N-methyl/N-ethyl adjacent to an activating group) is 1. The van der Waals surface area contributed by atoms with Crippen molar-refractivity contribution in [3.63, 3.8) is 0 Å². The number of carbonyl (C=O) groups excluding carboxylic acids is 1. The molecule has 0 aliphatic heterocycles. The Morgan fingerprint density at radius 1 is 1.08 bits per heavy atom. The molecule has 0 radical (unpaired) electrons. The van der Waals surface area contributed by atoms with Crippen LogP contribution in [0.15, 0.2) is 53.4 Å². The fourth-order valence-corrected chi connectivity index (χ4v) is 4.48. The van der Waals surface area contributed by atoms with E-state index in [2.05, 4.69) is 22.8 Å². The third-order valence-corrected chi connectivity index (χ3v) is 5.97. The van der Waals surface area contributed by atoms with Gasteiger partial charge in [-0.25, -0.2) is 0 Å². The van der Waals surface area contributed by atoms with Crippen molar-refractivity contribution >= 4 is 23.4 Å². The van der Waals surface area contributed by atoms with Gasteiger partial charge in [0.25, 0.3) is 5.91 Å². The van der Waals surface area contributed by atoms with Crippen molar-refractivity contribution in [2.75, 3.05) is 18.9 Å². The SMILES string of the molecule is CNCCc1ccccc1C(=O)Nc1ccc(SC2CCCC2)cc1. The second-order valence-corrected chi connectivity index (χ2v) is 7.89. The van der Waals surface area contributed by atoms with Gasteiger partial charge in [-0.05, 0) is 68.8 Å². The normalized spacial score (nSPS) is 14.6. The molecule has 0 spiro atoms. The van der Waals surface area contributed by atoms with Crippen molar-refractivity contribution in [2.45, 2.75) is 42.2 Å². The summed E-state index contributed by atoms with van der Waals surface area (Å²) >= 11 is 1.97. The lowest BCUT2D eigenvalue weighted by molar-refractivity contribution is 0.102. The van der Waals surface area contributed by atoms with Crippen molar-refractivity contribution in [1.82, 2.24) is 5.32 Å². The molecule has 0 aromatic heterocycles. The van der Waals surface area contributed by atoms with E-state index >= 15 is 0 Å². The molecule has 2 aromatic rings. The van der Waals surface area contributed by atoms with Crippen LogP contribution in [0.25, 0.3) is 0 Å². The first-order chi connectivity index (χ1) is 12.3. The molecule has 3 nitrogen and oxygen atoms in total. The van der Waals surface area contributed by atoms with Gasteiger partial charge in [0.2, 0.25) is 0 Å². The monoisotopic (exact) mass is 354 g/mol. The van der Waals surface area contributed by atoms with Crippen LogP contribution in [0.2, 0.25) is 0 Å². The average molecular weight is 355 g/mol. The predicted octanol–water partition coefficient (Wildman–Crippen LogP) is 4.74. The van der Waals surface area contributed by atoms with E-state index in [9.17, 15) is 4.79 Å². The number of thioether (sulfide) groups is 1. The predicted molar refractivity (Wildman–Crippen MR) is 107 cm³/mol. The molecule has 3 rings (SSSR count). The second-order valence-electron chi connectivity index (χ2n) is 6.51. The van der Waals surface area contributed by atoms with Crippen LogP contribution in [0, 0.1) is 0 Å². The number of anilines is 1. The van der Waals surface area contributed by atoms with Crippen molar-refractivity contribution < 1.29 is 4.79 Å². The third-order valence-electron chi connectivity index (χ3n) is 4.62. The highest BCUT2D eigenvalue weighted by Gasteiger charge is 2.16. The van der Waals surface area contributed by atoms with E-state index in [0.29, 0.717) is 0 Å². The Labute approximate surface area is 154 Å². The minimum absolute atomic E-state index is 0.0390. The second kappa shape index (κ2) is 9.07. The van der Waals surface area contributed by atoms with Gasteiger partial charge in [0.15, 0.2) is 0 Å². The molecule has 0 atom stereocenters. The molecule has 132 valence electrons. The third kappa shape index (κ3) is 5.10.